The Kier molecular flexibility index (Phi) is 6.08. The van der Waals surface area contributed by atoms with Crippen molar-refractivity contribution in [3.05, 3.63) is 74.9 Å². The Morgan fingerprint density at radius 2 is 1.88 bits per heavy atom. The first-order chi connectivity index (χ1) is 16.0. The summed E-state index contributed by atoms with van der Waals surface area (Å²) in [4.78, 5) is 33.9. The number of benzene rings is 2. The molecule has 168 valence electrons. The molecular formula is C26H25N3O2S2. The first-order valence-electron chi connectivity index (χ1n) is 11.2. The van der Waals surface area contributed by atoms with Crippen LogP contribution in [0.2, 0.25) is 0 Å². The van der Waals surface area contributed by atoms with Gasteiger partial charge in [0.05, 0.1) is 10.6 Å². The third-order valence-electron chi connectivity index (χ3n) is 6.06. The predicted octanol–water partition coefficient (Wildman–Crippen LogP) is 5.96. The summed E-state index contributed by atoms with van der Waals surface area (Å²) in [6.07, 6.45) is 4.71. The SMILES string of the molecule is Cc1ccc(NC(=O)C(C)Sc2nc3scc(-c4ccc5c(c4)CCCC5)c3c(=O)[nH]2)cc1. The zero-order chi connectivity index (χ0) is 22.9. The molecule has 5 rings (SSSR count). The van der Waals surface area contributed by atoms with Crippen LogP contribution >= 0.6 is 23.1 Å². The number of amides is 1. The van der Waals surface area contributed by atoms with Crippen molar-refractivity contribution in [3.63, 3.8) is 0 Å². The molecule has 0 saturated carbocycles. The number of hydrogen-bond donors (Lipinski definition) is 2. The molecule has 0 spiro atoms. The molecule has 2 N–H and O–H groups in total. The van der Waals surface area contributed by atoms with Gasteiger partial charge >= 0.3 is 0 Å². The van der Waals surface area contributed by atoms with Crippen molar-refractivity contribution in [3.8, 4) is 11.1 Å². The lowest BCUT2D eigenvalue weighted by Gasteiger charge is -2.16. The van der Waals surface area contributed by atoms with Gasteiger partial charge in [-0.25, -0.2) is 4.98 Å². The number of carbonyl (C=O) groups is 1. The lowest BCUT2D eigenvalue weighted by molar-refractivity contribution is -0.115. The zero-order valence-corrected chi connectivity index (χ0v) is 20.2. The first kappa shape index (κ1) is 21.9. The molecule has 0 saturated heterocycles. The molecule has 1 amide bonds. The number of rotatable bonds is 5. The van der Waals surface area contributed by atoms with Crippen molar-refractivity contribution in [1.29, 1.82) is 0 Å². The molecule has 2 heterocycles. The molecule has 0 fully saturated rings. The maximum Gasteiger partial charge on any atom is 0.260 e. The quantitative estimate of drug-likeness (QED) is 0.276. The fraction of sp³-hybridized carbons (Fsp3) is 0.269. The Morgan fingerprint density at radius 1 is 1.12 bits per heavy atom. The molecular weight excluding hydrogens is 450 g/mol. The molecule has 7 heteroatoms. The molecule has 2 aromatic carbocycles. The van der Waals surface area contributed by atoms with E-state index < -0.39 is 5.25 Å². The van der Waals surface area contributed by atoms with Crippen LogP contribution < -0.4 is 10.9 Å². The van der Waals surface area contributed by atoms with E-state index in [1.54, 1.807) is 0 Å². The van der Waals surface area contributed by atoms with Crippen LogP contribution in [0.4, 0.5) is 5.69 Å². The molecule has 1 unspecified atom stereocenters. The summed E-state index contributed by atoms with van der Waals surface area (Å²) in [6, 6.07) is 14.2. The fourth-order valence-corrected chi connectivity index (χ4v) is 6.00. The van der Waals surface area contributed by atoms with Crippen LogP contribution in [0.1, 0.15) is 36.5 Å². The van der Waals surface area contributed by atoms with E-state index >= 15 is 0 Å². The van der Waals surface area contributed by atoms with E-state index in [1.165, 1.54) is 47.1 Å². The Morgan fingerprint density at radius 3 is 2.67 bits per heavy atom. The Balaban J connectivity index is 1.37. The maximum atomic E-state index is 13.0. The third-order valence-corrected chi connectivity index (χ3v) is 7.91. The Hall–Kier alpha value is -2.90. The molecule has 2 aromatic heterocycles. The standard InChI is InChI=1S/C26H25N3O2S2/c1-15-7-11-20(12-8-15)27-23(30)16(2)33-26-28-24(31)22-21(14-32-25(22)29-26)19-10-9-17-5-3-4-6-18(17)13-19/h7-14,16H,3-6H2,1-2H3,(H,27,30)(H,28,29,31). The van der Waals surface area contributed by atoms with Crippen LogP contribution in [0, 0.1) is 6.92 Å². The number of fused-ring (bicyclic) bond motifs is 2. The average molecular weight is 476 g/mol. The van der Waals surface area contributed by atoms with Crippen molar-refractivity contribution in [2.24, 2.45) is 0 Å². The molecule has 0 bridgehead atoms. The highest BCUT2D eigenvalue weighted by atomic mass is 32.2. The molecule has 1 atom stereocenters. The number of aryl methyl sites for hydroxylation is 3. The summed E-state index contributed by atoms with van der Waals surface area (Å²) in [6.45, 7) is 3.81. The summed E-state index contributed by atoms with van der Waals surface area (Å²) in [5, 5.41) is 5.60. The molecule has 0 aliphatic heterocycles. The van der Waals surface area contributed by atoms with Crippen LogP contribution in [0.25, 0.3) is 21.3 Å². The van der Waals surface area contributed by atoms with Gasteiger partial charge in [0.2, 0.25) is 5.91 Å². The third kappa shape index (κ3) is 4.61. The summed E-state index contributed by atoms with van der Waals surface area (Å²) >= 11 is 2.72. The van der Waals surface area contributed by atoms with Gasteiger partial charge in [-0.2, -0.15) is 0 Å². The largest absolute Gasteiger partial charge is 0.325 e. The van der Waals surface area contributed by atoms with Gasteiger partial charge in [0.1, 0.15) is 4.83 Å². The van der Waals surface area contributed by atoms with E-state index in [4.69, 9.17) is 0 Å². The highest BCUT2D eigenvalue weighted by Gasteiger charge is 2.19. The number of anilines is 1. The number of nitrogens with zero attached hydrogens (tertiary/aromatic N) is 1. The number of carbonyl (C=O) groups excluding carboxylic acids is 1. The number of thiophene rings is 1. The summed E-state index contributed by atoms with van der Waals surface area (Å²) in [7, 11) is 0. The molecule has 1 aliphatic carbocycles. The van der Waals surface area contributed by atoms with Gasteiger partial charge in [-0.05, 0) is 68.4 Å². The average Bonchev–Trinajstić information content (AvgIpc) is 3.25. The highest BCUT2D eigenvalue weighted by molar-refractivity contribution is 8.00. The summed E-state index contributed by atoms with van der Waals surface area (Å²) in [5.41, 5.74) is 6.54. The normalized spacial score (nSPS) is 14.1. The van der Waals surface area contributed by atoms with Crippen molar-refractivity contribution in [2.75, 3.05) is 5.32 Å². The summed E-state index contributed by atoms with van der Waals surface area (Å²) < 4.78 is 0. The lowest BCUT2D eigenvalue weighted by atomic mass is 9.89. The molecule has 4 aromatic rings. The van der Waals surface area contributed by atoms with Crippen molar-refractivity contribution < 1.29 is 4.79 Å². The van der Waals surface area contributed by atoms with E-state index in [9.17, 15) is 9.59 Å². The molecule has 5 nitrogen and oxygen atoms in total. The molecule has 1 aliphatic rings. The van der Waals surface area contributed by atoms with E-state index in [2.05, 4.69) is 33.5 Å². The second-order valence-electron chi connectivity index (χ2n) is 8.51. The van der Waals surface area contributed by atoms with Gasteiger partial charge in [-0.1, -0.05) is 47.7 Å². The molecule has 33 heavy (non-hydrogen) atoms. The number of thioether (sulfide) groups is 1. The minimum Gasteiger partial charge on any atom is -0.325 e. The monoisotopic (exact) mass is 475 g/mol. The van der Waals surface area contributed by atoms with Gasteiger partial charge in [0, 0.05) is 16.6 Å². The Labute approximate surface area is 200 Å². The van der Waals surface area contributed by atoms with Gasteiger partial charge in [0.15, 0.2) is 5.16 Å². The number of aromatic nitrogens is 2. The maximum absolute atomic E-state index is 13.0. The number of nitrogens with one attached hydrogen (secondary N) is 2. The zero-order valence-electron chi connectivity index (χ0n) is 18.6. The van der Waals surface area contributed by atoms with Crippen molar-refractivity contribution >= 4 is 44.9 Å². The van der Waals surface area contributed by atoms with Crippen LogP contribution in [0.5, 0.6) is 0 Å². The smallest absolute Gasteiger partial charge is 0.260 e. The number of aromatic amines is 1. The van der Waals surface area contributed by atoms with E-state index in [0.717, 1.165) is 35.2 Å². The Bertz CT molecular complexity index is 1390. The van der Waals surface area contributed by atoms with Crippen LogP contribution in [0.15, 0.2) is 57.8 Å². The second kappa shape index (κ2) is 9.15. The topological polar surface area (TPSA) is 74.8 Å². The van der Waals surface area contributed by atoms with Crippen molar-refractivity contribution in [2.45, 2.75) is 49.9 Å². The van der Waals surface area contributed by atoms with E-state index in [1.807, 2.05) is 43.5 Å². The second-order valence-corrected chi connectivity index (χ2v) is 10.7. The molecule has 0 radical (unpaired) electrons. The van der Waals surface area contributed by atoms with Crippen LogP contribution in [-0.2, 0) is 17.6 Å². The van der Waals surface area contributed by atoms with Crippen molar-refractivity contribution in [1.82, 2.24) is 9.97 Å². The minimum absolute atomic E-state index is 0.132. The van der Waals surface area contributed by atoms with Crippen LogP contribution in [0.3, 0.4) is 0 Å². The van der Waals surface area contributed by atoms with Gasteiger partial charge < -0.3 is 10.3 Å². The van der Waals surface area contributed by atoms with Gasteiger partial charge in [0.25, 0.3) is 5.56 Å². The lowest BCUT2D eigenvalue weighted by Crippen LogP contribution is -2.23. The first-order valence-corrected chi connectivity index (χ1v) is 12.9. The number of H-pyrrole nitrogens is 1. The predicted molar refractivity (Wildman–Crippen MR) is 137 cm³/mol. The van der Waals surface area contributed by atoms with Gasteiger partial charge in [-0.3, -0.25) is 9.59 Å². The summed E-state index contributed by atoms with van der Waals surface area (Å²) in [5.74, 6) is -0.132. The fourth-order valence-electron chi connectivity index (χ4n) is 4.20. The van der Waals surface area contributed by atoms with Gasteiger partial charge in [-0.15, -0.1) is 11.3 Å². The number of hydrogen-bond acceptors (Lipinski definition) is 5. The van der Waals surface area contributed by atoms with E-state index in [-0.39, 0.29) is 11.5 Å². The minimum atomic E-state index is -0.410. The van der Waals surface area contributed by atoms with Crippen LogP contribution in [-0.4, -0.2) is 21.1 Å². The highest BCUT2D eigenvalue weighted by Crippen LogP contribution is 2.34. The van der Waals surface area contributed by atoms with E-state index in [0.29, 0.717) is 15.4 Å².